The summed E-state index contributed by atoms with van der Waals surface area (Å²) in [6, 6.07) is 8.76. The van der Waals surface area contributed by atoms with Gasteiger partial charge in [0.2, 0.25) is 0 Å². The molecule has 1 N–H and O–H groups in total. The van der Waals surface area contributed by atoms with Gasteiger partial charge < -0.3 is 9.64 Å². The highest BCUT2D eigenvalue weighted by molar-refractivity contribution is 5.93. The fourth-order valence-electron chi connectivity index (χ4n) is 4.26. The molecule has 1 saturated carbocycles. The van der Waals surface area contributed by atoms with E-state index in [2.05, 4.69) is 63.0 Å². The zero-order chi connectivity index (χ0) is 20.7. The molecule has 3 heterocycles. The Morgan fingerprint density at radius 1 is 1.20 bits per heavy atom. The van der Waals surface area contributed by atoms with Gasteiger partial charge in [0.05, 0.1) is 11.2 Å². The van der Waals surface area contributed by atoms with E-state index in [9.17, 15) is 0 Å². The standard InChI is InChI=1S/C23H30N6O/c1-4-5-16-14-29(11-10-28(16)3)21-13-20(24-15-25-21)22-18-12-17(30-23(2)8-9-23)6-7-19(18)26-27-22/h6-7,12-13,15-16H,4-5,8-11,14H2,1-3H3,(H,26,27). The monoisotopic (exact) mass is 406 g/mol. The topological polar surface area (TPSA) is 70.2 Å². The summed E-state index contributed by atoms with van der Waals surface area (Å²) in [5.41, 5.74) is 2.67. The lowest BCUT2D eigenvalue weighted by Gasteiger charge is -2.40. The van der Waals surface area contributed by atoms with Gasteiger partial charge >= 0.3 is 0 Å². The Morgan fingerprint density at radius 3 is 2.87 bits per heavy atom. The van der Waals surface area contributed by atoms with E-state index in [1.165, 1.54) is 12.8 Å². The molecule has 1 unspecified atom stereocenters. The van der Waals surface area contributed by atoms with Crippen LogP contribution in [0.4, 0.5) is 5.82 Å². The molecule has 1 aliphatic carbocycles. The largest absolute Gasteiger partial charge is 0.488 e. The second-order valence-corrected chi connectivity index (χ2v) is 8.96. The van der Waals surface area contributed by atoms with Crippen LogP contribution in [0.25, 0.3) is 22.3 Å². The molecule has 2 aliphatic rings. The highest BCUT2D eigenvalue weighted by Gasteiger charge is 2.40. The minimum atomic E-state index is -0.00385. The Labute approximate surface area is 177 Å². The average molecular weight is 407 g/mol. The van der Waals surface area contributed by atoms with Gasteiger partial charge in [0, 0.05) is 37.1 Å². The number of likely N-dealkylation sites (N-methyl/N-ethyl adjacent to an activating group) is 1. The molecule has 7 nitrogen and oxygen atoms in total. The molecular formula is C23H30N6O. The van der Waals surface area contributed by atoms with E-state index in [0.29, 0.717) is 6.04 Å². The summed E-state index contributed by atoms with van der Waals surface area (Å²) in [5, 5.41) is 8.73. The van der Waals surface area contributed by atoms with Crippen molar-refractivity contribution in [1.29, 1.82) is 0 Å². The van der Waals surface area contributed by atoms with Gasteiger partial charge in [-0.1, -0.05) is 13.3 Å². The van der Waals surface area contributed by atoms with E-state index >= 15 is 0 Å². The number of rotatable bonds is 6. The Balaban J connectivity index is 1.43. The molecule has 1 atom stereocenters. The number of aromatic nitrogens is 4. The summed E-state index contributed by atoms with van der Waals surface area (Å²) in [6.07, 6.45) is 6.28. The van der Waals surface area contributed by atoms with Gasteiger partial charge in [-0.05, 0) is 51.4 Å². The third-order valence-corrected chi connectivity index (χ3v) is 6.47. The van der Waals surface area contributed by atoms with Crippen LogP contribution in [0, 0.1) is 0 Å². The van der Waals surface area contributed by atoms with Gasteiger partial charge in [-0.3, -0.25) is 10.00 Å². The molecule has 30 heavy (non-hydrogen) atoms. The molecule has 2 fully saturated rings. The summed E-state index contributed by atoms with van der Waals surface area (Å²) in [4.78, 5) is 14.0. The van der Waals surface area contributed by atoms with Crippen molar-refractivity contribution >= 4 is 16.7 Å². The SMILES string of the molecule is CCCC1CN(c2cc(-c3n[nH]c4ccc(OC5(C)CC5)cc34)ncn2)CCN1C. The predicted octanol–water partition coefficient (Wildman–Crippen LogP) is 3.87. The van der Waals surface area contributed by atoms with Crippen molar-refractivity contribution in [3.63, 3.8) is 0 Å². The van der Waals surface area contributed by atoms with E-state index in [1.54, 1.807) is 6.33 Å². The highest BCUT2D eigenvalue weighted by atomic mass is 16.5. The van der Waals surface area contributed by atoms with Crippen LogP contribution in [0.15, 0.2) is 30.6 Å². The number of anilines is 1. The third-order valence-electron chi connectivity index (χ3n) is 6.47. The number of hydrogen-bond donors (Lipinski definition) is 1. The lowest BCUT2D eigenvalue weighted by atomic mass is 10.1. The average Bonchev–Trinajstić information content (AvgIpc) is 3.32. The lowest BCUT2D eigenvalue weighted by Crippen LogP contribution is -2.51. The Hall–Kier alpha value is -2.67. The number of nitrogens with one attached hydrogen (secondary N) is 1. The van der Waals surface area contributed by atoms with Crippen LogP contribution in [0.1, 0.15) is 39.5 Å². The van der Waals surface area contributed by atoms with Crippen molar-refractivity contribution in [2.45, 2.75) is 51.2 Å². The predicted molar refractivity (Wildman–Crippen MR) is 119 cm³/mol. The van der Waals surface area contributed by atoms with Gasteiger partial charge in [0.15, 0.2) is 0 Å². The first-order valence-corrected chi connectivity index (χ1v) is 11.0. The fourth-order valence-corrected chi connectivity index (χ4v) is 4.26. The fraction of sp³-hybridized carbons (Fsp3) is 0.522. The quantitative estimate of drug-likeness (QED) is 0.670. The van der Waals surface area contributed by atoms with Crippen LogP contribution >= 0.6 is 0 Å². The van der Waals surface area contributed by atoms with Gasteiger partial charge in [-0.2, -0.15) is 5.10 Å². The summed E-state index contributed by atoms with van der Waals surface area (Å²) < 4.78 is 6.16. The number of H-pyrrole nitrogens is 1. The molecule has 1 saturated heterocycles. The molecule has 158 valence electrons. The number of aromatic amines is 1. The maximum absolute atomic E-state index is 6.16. The number of nitrogens with zero attached hydrogens (tertiary/aromatic N) is 5. The van der Waals surface area contributed by atoms with E-state index in [0.717, 1.165) is 66.3 Å². The van der Waals surface area contributed by atoms with Crippen LogP contribution in [-0.2, 0) is 0 Å². The maximum Gasteiger partial charge on any atom is 0.132 e. The smallest absolute Gasteiger partial charge is 0.132 e. The van der Waals surface area contributed by atoms with Crippen molar-refractivity contribution in [2.24, 2.45) is 0 Å². The van der Waals surface area contributed by atoms with E-state index in [-0.39, 0.29) is 5.60 Å². The van der Waals surface area contributed by atoms with Crippen LogP contribution in [0.2, 0.25) is 0 Å². The van der Waals surface area contributed by atoms with E-state index in [1.807, 2.05) is 12.1 Å². The van der Waals surface area contributed by atoms with Crippen LogP contribution in [-0.4, -0.2) is 63.4 Å². The van der Waals surface area contributed by atoms with Crippen molar-refractivity contribution in [3.05, 3.63) is 30.6 Å². The molecule has 3 aromatic rings. The van der Waals surface area contributed by atoms with Gasteiger partial charge in [-0.25, -0.2) is 9.97 Å². The van der Waals surface area contributed by atoms with Crippen LogP contribution in [0.5, 0.6) is 5.75 Å². The minimum absolute atomic E-state index is 0.00385. The molecule has 0 spiro atoms. The highest BCUT2D eigenvalue weighted by Crippen LogP contribution is 2.40. The number of hydrogen-bond acceptors (Lipinski definition) is 6. The lowest BCUT2D eigenvalue weighted by molar-refractivity contribution is 0.200. The van der Waals surface area contributed by atoms with Gasteiger partial charge in [0.1, 0.15) is 29.2 Å². The van der Waals surface area contributed by atoms with E-state index in [4.69, 9.17) is 4.74 Å². The first kappa shape index (κ1) is 19.3. The summed E-state index contributed by atoms with van der Waals surface area (Å²) in [5.74, 6) is 1.86. The van der Waals surface area contributed by atoms with Crippen molar-refractivity contribution in [2.75, 3.05) is 31.6 Å². The molecule has 7 heteroatoms. The van der Waals surface area contributed by atoms with Gasteiger partial charge in [0.25, 0.3) is 0 Å². The van der Waals surface area contributed by atoms with Crippen LogP contribution in [0.3, 0.4) is 0 Å². The van der Waals surface area contributed by atoms with Crippen LogP contribution < -0.4 is 9.64 Å². The Kier molecular flexibility index (Phi) is 4.85. The van der Waals surface area contributed by atoms with Crippen molar-refractivity contribution in [1.82, 2.24) is 25.1 Å². The molecule has 2 aromatic heterocycles. The minimum Gasteiger partial charge on any atom is -0.488 e. The normalized spacial score (nSPS) is 21.2. The number of ether oxygens (including phenoxy) is 1. The maximum atomic E-state index is 6.16. The van der Waals surface area contributed by atoms with Gasteiger partial charge in [-0.15, -0.1) is 0 Å². The zero-order valence-electron chi connectivity index (χ0n) is 18.1. The number of benzene rings is 1. The molecule has 0 radical (unpaired) electrons. The zero-order valence-corrected chi connectivity index (χ0v) is 18.1. The molecule has 5 rings (SSSR count). The van der Waals surface area contributed by atoms with Crippen molar-refractivity contribution in [3.8, 4) is 17.1 Å². The first-order chi connectivity index (χ1) is 14.5. The summed E-state index contributed by atoms with van der Waals surface area (Å²) in [7, 11) is 2.22. The molecule has 1 aromatic carbocycles. The Bertz CT molecular complexity index is 1040. The first-order valence-electron chi connectivity index (χ1n) is 11.0. The second kappa shape index (κ2) is 7.54. The molecule has 0 bridgehead atoms. The Morgan fingerprint density at radius 2 is 2.07 bits per heavy atom. The van der Waals surface area contributed by atoms with E-state index < -0.39 is 0 Å². The molecule has 0 amide bonds. The summed E-state index contributed by atoms with van der Waals surface area (Å²) in [6.45, 7) is 7.43. The molecular weight excluding hydrogens is 376 g/mol. The number of piperazine rings is 1. The van der Waals surface area contributed by atoms with Crippen molar-refractivity contribution < 1.29 is 4.74 Å². The second-order valence-electron chi connectivity index (χ2n) is 8.96. The third kappa shape index (κ3) is 3.74. The molecule has 1 aliphatic heterocycles. The number of fused-ring (bicyclic) bond motifs is 1. The summed E-state index contributed by atoms with van der Waals surface area (Å²) >= 11 is 0.